The van der Waals surface area contributed by atoms with Crippen LogP contribution < -0.4 is 10.6 Å². The molecular weight excluding hydrogens is 188 g/mol. The molecule has 1 saturated carbocycles. The summed E-state index contributed by atoms with van der Waals surface area (Å²) in [6.45, 7) is 4.62. The summed E-state index contributed by atoms with van der Waals surface area (Å²) in [6.07, 6.45) is 8.16. The fourth-order valence-corrected chi connectivity index (χ4v) is 2.68. The maximum absolute atomic E-state index is 11.4. The zero-order valence-corrected chi connectivity index (χ0v) is 9.22. The first kappa shape index (κ1) is 10.7. The molecule has 2 aliphatic rings. The molecule has 1 aliphatic heterocycles. The van der Waals surface area contributed by atoms with Crippen molar-refractivity contribution in [3.63, 3.8) is 0 Å². The van der Waals surface area contributed by atoms with Crippen LogP contribution in [-0.4, -0.2) is 24.0 Å². The normalized spacial score (nSPS) is 28.1. The first-order chi connectivity index (χ1) is 7.24. The van der Waals surface area contributed by atoms with E-state index in [9.17, 15) is 4.79 Å². The van der Waals surface area contributed by atoms with E-state index in [2.05, 4.69) is 17.2 Å². The van der Waals surface area contributed by atoms with E-state index in [1.807, 2.05) is 0 Å². The van der Waals surface area contributed by atoms with Crippen molar-refractivity contribution in [1.29, 1.82) is 0 Å². The molecule has 3 heteroatoms. The summed E-state index contributed by atoms with van der Waals surface area (Å²) >= 11 is 0. The predicted molar refractivity (Wildman–Crippen MR) is 60.6 cm³/mol. The molecule has 0 aromatic rings. The Bertz CT molecular complexity index is 258. The molecule has 0 aromatic carbocycles. The number of rotatable bonds is 3. The average Bonchev–Trinajstić information content (AvgIpc) is 2.16. The number of carbonyl (C=O) groups excluding carboxylic acids is 1. The molecule has 2 N–H and O–H groups in total. The molecule has 1 atom stereocenters. The smallest absolute Gasteiger partial charge is 0.224 e. The van der Waals surface area contributed by atoms with Gasteiger partial charge in [0.25, 0.3) is 0 Å². The summed E-state index contributed by atoms with van der Waals surface area (Å²) in [5, 5.41) is 6.69. The van der Waals surface area contributed by atoms with Gasteiger partial charge in [0.1, 0.15) is 0 Å². The minimum Gasteiger partial charge on any atom is -0.353 e. The van der Waals surface area contributed by atoms with Gasteiger partial charge in [-0.3, -0.25) is 4.79 Å². The van der Waals surface area contributed by atoms with Crippen LogP contribution in [0.3, 0.4) is 0 Å². The van der Waals surface area contributed by atoms with Crippen LogP contribution in [-0.2, 0) is 4.79 Å². The summed E-state index contributed by atoms with van der Waals surface area (Å²) in [5.74, 6) is 0.117. The van der Waals surface area contributed by atoms with E-state index in [4.69, 9.17) is 0 Å². The Hall–Kier alpha value is -0.830. The molecule has 1 saturated heterocycles. The van der Waals surface area contributed by atoms with E-state index in [-0.39, 0.29) is 5.91 Å². The largest absolute Gasteiger partial charge is 0.353 e. The summed E-state index contributed by atoms with van der Waals surface area (Å²) in [5.41, 5.74) is 0.365. The third-order valence-electron chi connectivity index (χ3n) is 3.64. The van der Waals surface area contributed by atoms with Gasteiger partial charge in [0.15, 0.2) is 0 Å². The molecule has 1 amide bonds. The fraction of sp³-hybridized carbons (Fsp3) is 0.750. The highest BCUT2D eigenvalue weighted by atomic mass is 16.1. The molecule has 0 aromatic heterocycles. The van der Waals surface area contributed by atoms with Crippen molar-refractivity contribution >= 4 is 5.91 Å². The van der Waals surface area contributed by atoms with E-state index < -0.39 is 0 Å². The Kier molecular flexibility index (Phi) is 3.10. The molecule has 0 radical (unpaired) electrons. The van der Waals surface area contributed by atoms with Gasteiger partial charge < -0.3 is 10.6 Å². The van der Waals surface area contributed by atoms with E-state index in [1.165, 1.54) is 19.3 Å². The molecule has 0 bridgehead atoms. The molecule has 1 heterocycles. The van der Waals surface area contributed by atoms with Gasteiger partial charge in [-0.15, -0.1) is 6.58 Å². The number of hydrogen-bond acceptors (Lipinski definition) is 2. The van der Waals surface area contributed by atoms with Crippen molar-refractivity contribution in [2.24, 2.45) is 0 Å². The van der Waals surface area contributed by atoms with Crippen molar-refractivity contribution in [3.8, 4) is 0 Å². The van der Waals surface area contributed by atoms with Gasteiger partial charge in [-0.25, -0.2) is 0 Å². The quantitative estimate of drug-likeness (QED) is 0.687. The molecule has 1 spiro atoms. The first-order valence-electron chi connectivity index (χ1n) is 5.89. The summed E-state index contributed by atoms with van der Waals surface area (Å²) in [7, 11) is 0. The zero-order valence-electron chi connectivity index (χ0n) is 9.22. The second kappa shape index (κ2) is 4.35. The Morgan fingerprint density at radius 2 is 2.40 bits per heavy atom. The number of carbonyl (C=O) groups is 1. The second-order valence-corrected chi connectivity index (χ2v) is 4.81. The summed E-state index contributed by atoms with van der Waals surface area (Å²) in [6, 6.07) is 0.374. The summed E-state index contributed by atoms with van der Waals surface area (Å²) < 4.78 is 0. The summed E-state index contributed by atoms with van der Waals surface area (Å²) in [4.78, 5) is 11.4. The van der Waals surface area contributed by atoms with Gasteiger partial charge in [-0.1, -0.05) is 6.08 Å². The lowest BCUT2D eigenvalue weighted by Gasteiger charge is -2.48. The highest BCUT2D eigenvalue weighted by molar-refractivity contribution is 5.77. The van der Waals surface area contributed by atoms with Gasteiger partial charge in [0.2, 0.25) is 5.91 Å². The highest BCUT2D eigenvalue weighted by Crippen LogP contribution is 2.38. The number of piperidine rings is 1. The minimum atomic E-state index is 0.117. The van der Waals surface area contributed by atoms with Crippen LogP contribution in [0.25, 0.3) is 0 Å². The molecule has 84 valence electrons. The topological polar surface area (TPSA) is 41.1 Å². The van der Waals surface area contributed by atoms with Crippen LogP contribution in [0.4, 0.5) is 0 Å². The monoisotopic (exact) mass is 208 g/mol. The maximum Gasteiger partial charge on any atom is 0.224 e. The van der Waals surface area contributed by atoms with Crippen molar-refractivity contribution in [1.82, 2.24) is 10.6 Å². The third-order valence-corrected chi connectivity index (χ3v) is 3.64. The van der Waals surface area contributed by atoms with Crippen LogP contribution in [0.15, 0.2) is 12.7 Å². The van der Waals surface area contributed by atoms with E-state index in [0.29, 0.717) is 18.0 Å². The number of nitrogens with one attached hydrogen (secondary N) is 2. The van der Waals surface area contributed by atoms with Gasteiger partial charge in [0.05, 0.1) is 0 Å². The van der Waals surface area contributed by atoms with Gasteiger partial charge in [-0.05, 0) is 38.6 Å². The van der Waals surface area contributed by atoms with E-state index in [1.54, 1.807) is 6.08 Å². The molecule has 1 aliphatic carbocycles. The van der Waals surface area contributed by atoms with Crippen LogP contribution in [0.5, 0.6) is 0 Å². The predicted octanol–water partition coefficient (Wildman–Crippen LogP) is 1.35. The van der Waals surface area contributed by atoms with Crippen LogP contribution in [0.1, 0.15) is 38.5 Å². The standard InChI is InChI=1S/C12H20N2O/c1-2-4-11(15)14-10-5-8-13-12(9-10)6-3-7-12/h2,10,13H,1,3-9H2,(H,14,15). The SMILES string of the molecule is C=CCC(=O)NC1CCNC2(CCC2)C1. The first-order valence-corrected chi connectivity index (χ1v) is 5.89. The highest BCUT2D eigenvalue weighted by Gasteiger charge is 2.40. The van der Waals surface area contributed by atoms with Crippen LogP contribution >= 0.6 is 0 Å². The lowest BCUT2D eigenvalue weighted by atomic mass is 9.70. The van der Waals surface area contributed by atoms with Crippen molar-refractivity contribution in [3.05, 3.63) is 12.7 Å². The second-order valence-electron chi connectivity index (χ2n) is 4.81. The third kappa shape index (κ3) is 2.40. The maximum atomic E-state index is 11.4. The Morgan fingerprint density at radius 3 is 3.00 bits per heavy atom. The van der Waals surface area contributed by atoms with Gasteiger partial charge in [0, 0.05) is 18.0 Å². The lowest BCUT2D eigenvalue weighted by Crippen LogP contribution is -2.59. The van der Waals surface area contributed by atoms with Crippen LogP contribution in [0.2, 0.25) is 0 Å². The minimum absolute atomic E-state index is 0.117. The van der Waals surface area contributed by atoms with Gasteiger partial charge >= 0.3 is 0 Å². The van der Waals surface area contributed by atoms with Crippen LogP contribution in [0, 0.1) is 0 Å². The molecule has 3 nitrogen and oxygen atoms in total. The molecule has 15 heavy (non-hydrogen) atoms. The number of amides is 1. The average molecular weight is 208 g/mol. The molecule has 2 fully saturated rings. The Morgan fingerprint density at radius 1 is 1.60 bits per heavy atom. The fourth-order valence-electron chi connectivity index (χ4n) is 2.68. The van der Waals surface area contributed by atoms with Crippen molar-refractivity contribution < 1.29 is 4.79 Å². The van der Waals surface area contributed by atoms with E-state index >= 15 is 0 Å². The Labute approximate surface area is 91.3 Å². The molecule has 2 rings (SSSR count). The van der Waals surface area contributed by atoms with Crippen molar-refractivity contribution in [2.45, 2.75) is 50.1 Å². The zero-order chi connectivity index (χ0) is 10.7. The number of hydrogen-bond donors (Lipinski definition) is 2. The molecule has 1 unspecified atom stereocenters. The van der Waals surface area contributed by atoms with E-state index in [0.717, 1.165) is 19.4 Å². The molecular formula is C12H20N2O. The lowest BCUT2D eigenvalue weighted by molar-refractivity contribution is -0.121. The van der Waals surface area contributed by atoms with Gasteiger partial charge in [-0.2, -0.15) is 0 Å². The van der Waals surface area contributed by atoms with Crippen molar-refractivity contribution in [2.75, 3.05) is 6.54 Å². The Balaban J connectivity index is 1.82.